The number of aliphatic hydroxyl groups is 1. The van der Waals surface area contributed by atoms with Crippen LogP contribution < -0.4 is 0 Å². The highest BCUT2D eigenvalue weighted by Crippen LogP contribution is 2.47. The van der Waals surface area contributed by atoms with Gasteiger partial charge in [-0.25, -0.2) is 0 Å². The molecule has 5 aromatic carbocycles. The third-order valence-corrected chi connectivity index (χ3v) is 9.27. The molecule has 4 nitrogen and oxygen atoms in total. The van der Waals surface area contributed by atoms with Gasteiger partial charge in [-0.2, -0.15) is 0 Å². The van der Waals surface area contributed by atoms with Gasteiger partial charge >= 0.3 is 0 Å². The van der Waals surface area contributed by atoms with Gasteiger partial charge in [0, 0.05) is 13.7 Å². The van der Waals surface area contributed by atoms with Crippen molar-refractivity contribution in [1.82, 2.24) is 4.90 Å². The Balaban J connectivity index is 1.54. The first-order valence-corrected chi connectivity index (χ1v) is 15.9. The number of piperidine rings is 1. The van der Waals surface area contributed by atoms with E-state index in [1.165, 1.54) is 11.1 Å². The number of hydrogen-bond donors (Lipinski definition) is 1. The SMILES string of the molecule is COC1CCN(C(c2ccccc2)c2ccccc2)C(C(C)(C)OC(c2ccccc2)(c2ccccc2)c2ccccc2)C1O. The van der Waals surface area contributed by atoms with Crippen LogP contribution in [0.3, 0.4) is 0 Å². The van der Waals surface area contributed by atoms with Crippen molar-refractivity contribution in [3.05, 3.63) is 179 Å². The van der Waals surface area contributed by atoms with Crippen LogP contribution in [0.1, 0.15) is 54.1 Å². The maximum atomic E-state index is 12.2. The summed E-state index contributed by atoms with van der Waals surface area (Å²) in [5, 5.41) is 12.2. The first-order chi connectivity index (χ1) is 22.0. The number of aliphatic hydroxyl groups excluding tert-OH is 1. The van der Waals surface area contributed by atoms with Crippen molar-refractivity contribution in [3.63, 3.8) is 0 Å². The van der Waals surface area contributed by atoms with Gasteiger partial charge in [0.1, 0.15) is 5.60 Å². The quantitative estimate of drug-likeness (QED) is 0.166. The van der Waals surface area contributed by atoms with Crippen LogP contribution in [0.2, 0.25) is 0 Å². The zero-order valence-electron chi connectivity index (χ0n) is 26.4. The molecule has 45 heavy (non-hydrogen) atoms. The van der Waals surface area contributed by atoms with Crippen molar-refractivity contribution < 1.29 is 14.6 Å². The minimum absolute atomic E-state index is 0.0905. The fourth-order valence-electron chi connectivity index (χ4n) is 7.34. The topological polar surface area (TPSA) is 41.9 Å². The van der Waals surface area contributed by atoms with Gasteiger partial charge in [0.05, 0.1) is 29.9 Å². The van der Waals surface area contributed by atoms with E-state index in [2.05, 4.69) is 152 Å². The van der Waals surface area contributed by atoms with Crippen LogP contribution >= 0.6 is 0 Å². The van der Waals surface area contributed by atoms with Crippen molar-refractivity contribution in [3.8, 4) is 0 Å². The van der Waals surface area contributed by atoms with E-state index in [9.17, 15) is 5.11 Å². The maximum Gasteiger partial charge on any atom is 0.144 e. The van der Waals surface area contributed by atoms with E-state index in [0.717, 1.165) is 23.2 Å². The fraction of sp³-hybridized carbons (Fsp3) is 0.268. The van der Waals surface area contributed by atoms with Gasteiger partial charge in [0.2, 0.25) is 0 Å². The Bertz CT molecular complexity index is 1470. The van der Waals surface area contributed by atoms with Gasteiger partial charge in [0.15, 0.2) is 0 Å². The van der Waals surface area contributed by atoms with Crippen molar-refractivity contribution in [2.24, 2.45) is 0 Å². The molecule has 0 bridgehead atoms. The number of rotatable bonds is 10. The molecule has 1 aliphatic heterocycles. The monoisotopic (exact) mass is 597 g/mol. The highest BCUT2D eigenvalue weighted by atomic mass is 16.5. The predicted molar refractivity (Wildman–Crippen MR) is 181 cm³/mol. The Morgan fingerprint density at radius 1 is 0.622 bits per heavy atom. The van der Waals surface area contributed by atoms with E-state index in [1.807, 2.05) is 18.2 Å². The summed E-state index contributed by atoms with van der Waals surface area (Å²) in [5.41, 5.74) is 3.60. The number of nitrogens with zero attached hydrogens (tertiary/aromatic N) is 1. The average molecular weight is 598 g/mol. The van der Waals surface area contributed by atoms with E-state index in [4.69, 9.17) is 9.47 Å². The molecule has 3 unspecified atom stereocenters. The lowest BCUT2D eigenvalue weighted by Crippen LogP contribution is -2.66. The minimum atomic E-state index is -0.951. The summed E-state index contributed by atoms with van der Waals surface area (Å²) in [5.74, 6) is 0. The molecule has 230 valence electrons. The second-order valence-corrected chi connectivity index (χ2v) is 12.4. The number of methoxy groups -OCH3 is 1. The zero-order chi connectivity index (χ0) is 31.3. The Hall–Kier alpha value is -4.06. The zero-order valence-corrected chi connectivity index (χ0v) is 26.4. The predicted octanol–water partition coefficient (Wildman–Crippen LogP) is 8.01. The first kappa shape index (κ1) is 30.9. The lowest BCUT2D eigenvalue weighted by Gasteiger charge is -2.54. The molecule has 3 atom stereocenters. The fourth-order valence-corrected chi connectivity index (χ4v) is 7.34. The van der Waals surface area contributed by atoms with E-state index in [1.54, 1.807) is 7.11 Å². The minimum Gasteiger partial charge on any atom is -0.389 e. The Labute approximate surface area is 267 Å². The molecule has 1 saturated heterocycles. The van der Waals surface area contributed by atoms with E-state index >= 15 is 0 Å². The highest BCUT2D eigenvalue weighted by Gasteiger charge is 2.53. The normalized spacial score (nSPS) is 19.4. The second-order valence-electron chi connectivity index (χ2n) is 12.4. The molecule has 0 saturated carbocycles. The molecular formula is C41H43NO3. The standard InChI is InChI=1S/C41H43NO3/c1-40(2,45-41(33-23-13-6-14-24-33,34-25-15-7-16-26-34)35-27-17-8-18-28-35)39-38(43)36(44-3)29-30-42(39)37(31-19-9-4-10-20-31)32-21-11-5-12-22-32/h4-28,36-39,43H,29-30H2,1-3H3. The molecule has 5 aromatic rings. The highest BCUT2D eigenvalue weighted by molar-refractivity contribution is 5.48. The smallest absolute Gasteiger partial charge is 0.144 e. The Morgan fingerprint density at radius 2 is 1.00 bits per heavy atom. The third-order valence-electron chi connectivity index (χ3n) is 9.27. The van der Waals surface area contributed by atoms with Gasteiger partial charge in [-0.15, -0.1) is 0 Å². The van der Waals surface area contributed by atoms with Crippen LogP contribution in [0.15, 0.2) is 152 Å². The molecular weight excluding hydrogens is 554 g/mol. The largest absolute Gasteiger partial charge is 0.389 e. The lowest BCUT2D eigenvalue weighted by molar-refractivity contribution is -0.200. The molecule has 0 spiro atoms. The molecule has 6 rings (SSSR count). The average Bonchev–Trinajstić information content (AvgIpc) is 3.09. The molecule has 0 aliphatic carbocycles. The number of benzene rings is 5. The van der Waals surface area contributed by atoms with Gasteiger partial charge in [-0.05, 0) is 48.1 Å². The summed E-state index contributed by atoms with van der Waals surface area (Å²) in [4.78, 5) is 2.44. The molecule has 1 N–H and O–H groups in total. The van der Waals surface area contributed by atoms with Crippen molar-refractivity contribution >= 4 is 0 Å². The molecule has 1 aliphatic rings. The molecule has 1 heterocycles. The first-order valence-electron chi connectivity index (χ1n) is 15.9. The van der Waals surface area contributed by atoms with Crippen LogP contribution in [-0.4, -0.2) is 47.5 Å². The van der Waals surface area contributed by atoms with Crippen LogP contribution in [0.25, 0.3) is 0 Å². The van der Waals surface area contributed by atoms with Gasteiger partial charge in [-0.1, -0.05) is 152 Å². The van der Waals surface area contributed by atoms with Crippen LogP contribution in [-0.2, 0) is 15.1 Å². The second kappa shape index (κ2) is 13.5. The Morgan fingerprint density at radius 3 is 1.38 bits per heavy atom. The summed E-state index contributed by atoms with van der Waals surface area (Å²) >= 11 is 0. The van der Waals surface area contributed by atoms with Crippen molar-refractivity contribution in [1.29, 1.82) is 0 Å². The van der Waals surface area contributed by atoms with Gasteiger partial charge in [0.25, 0.3) is 0 Å². The number of ether oxygens (including phenoxy) is 2. The molecule has 4 heteroatoms. The van der Waals surface area contributed by atoms with E-state index in [0.29, 0.717) is 6.42 Å². The van der Waals surface area contributed by atoms with Gasteiger partial charge in [-0.3, -0.25) is 4.90 Å². The number of likely N-dealkylation sites (tertiary alicyclic amines) is 1. The van der Waals surface area contributed by atoms with E-state index < -0.39 is 23.3 Å². The van der Waals surface area contributed by atoms with Crippen LogP contribution in [0, 0.1) is 0 Å². The van der Waals surface area contributed by atoms with Crippen LogP contribution in [0.5, 0.6) is 0 Å². The summed E-state index contributed by atoms with van der Waals surface area (Å²) in [6.07, 6.45) is -0.406. The van der Waals surface area contributed by atoms with E-state index in [-0.39, 0.29) is 12.1 Å². The summed E-state index contributed by atoms with van der Waals surface area (Å²) in [6.45, 7) is 4.99. The third kappa shape index (κ3) is 6.12. The maximum absolute atomic E-state index is 12.2. The summed E-state index contributed by atoms with van der Waals surface area (Å²) in [6, 6.07) is 52.0. The Kier molecular flexibility index (Phi) is 9.29. The molecule has 0 amide bonds. The van der Waals surface area contributed by atoms with Gasteiger partial charge < -0.3 is 14.6 Å². The van der Waals surface area contributed by atoms with Crippen LogP contribution in [0.4, 0.5) is 0 Å². The molecule has 0 radical (unpaired) electrons. The molecule has 0 aromatic heterocycles. The number of hydrogen-bond acceptors (Lipinski definition) is 4. The molecule has 1 fully saturated rings. The lowest BCUT2D eigenvalue weighted by atomic mass is 9.77. The van der Waals surface area contributed by atoms with Crippen molar-refractivity contribution in [2.75, 3.05) is 13.7 Å². The van der Waals surface area contributed by atoms with Crippen molar-refractivity contribution in [2.45, 2.75) is 55.8 Å². The summed E-state index contributed by atoms with van der Waals surface area (Å²) < 4.78 is 13.6. The summed E-state index contributed by atoms with van der Waals surface area (Å²) in [7, 11) is 1.70.